The minimum absolute atomic E-state index is 0.0678. The van der Waals surface area contributed by atoms with Crippen LogP contribution in [-0.2, 0) is 32.6 Å². The van der Waals surface area contributed by atoms with E-state index < -0.39 is 28.5 Å². The van der Waals surface area contributed by atoms with Gasteiger partial charge in [0.05, 0.1) is 10.6 Å². The molecule has 0 radical (unpaired) electrons. The van der Waals surface area contributed by atoms with Crippen LogP contribution in [0.4, 0.5) is 5.69 Å². The van der Waals surface area contributed by atoms with Gasteiger partial charge in [-0.1, -0.05) is 99.9 Å². The van der Waals surface area contributed by atoms with E-state index in [0.717, 1.165) is 26.6 Å². The van der Waals surface area contributed by atoms with Gasteiger partial charge in [-0.15, -0.1) is 0 Å². The molecule has 42 heavy (non-hydrogen) atoms. The summed E-state index contributed by atoms with van der Waals surface area (Å²) in [5, 5.41) is 2.70. The van der Waals surface area contributed by atoms with Gasteiger partial charge in [-0.2, -0.15) is 0 Å². The van der Waals surface area contributed by atoms with Gasteiger partial charge in [0.15, 0.2) is 0 Å². The molecule has 0 aliphatic heterocycles. The van der Waals surface area contributed by atoms with Crippen LogP contribution in [0.1, 0.15) is 22.3 Å². The first kappa shape index (κ1) is 31.0. The molecule has 4 aromatic rings. The summed E-state index contributed by atoms with van der Waals surface area (Å²) in [5.74, 6) is -0.841. The number of sulfonamides is 1. The third kappa shape index (κ3) is 7.66. The van der Waals surface area contributed by atoms with Crippen LogP contribution in [0.2, 0.25) is 0 Å². The quantitative estimate of drug-likeness (QED) is 0.228. The Kier molecular flexibility index (Phi) is 10.2. The highest BCUT2D eigenvalue weighted by Crippen LogP contribution is 2.27. The number of carbonyl (C=O) groups excluding carboxylic acids is 2. The number of benzene rings is 4. The molecule has 1 unspecified atom stereocenters. The number of amides is 2. The molecule has 0 aromatic heterocycles. The zero-order valence-electron chi connectivity index (χ0n) is 23.8. The molecule has 0 aliphatic rings. The summed E-state index contributed by atoms with van der Waals surface area (Å²) in [7, 11) is -2.61. The average Bonchev–Trinajstić information content (AvgIpc) is 2.98. The molecule has 0 saturated heterocycles. The van der Waals surface area contributed by atoms with Crippen LogP contribution < -0.4 is 9.62 Å². The molecule has 1 atom stereocenters. The van der Waals surface area contributed by atoms with Gasteiger partial charge in [-0.05, 0) is 55.3 Å². The Morgan fingerprint density at radius 1 is 0.810 bits per heavy atom. The van der Waals surface area contributed by atoms with Crippen LogP contribution in [0.15, 0.2) is 112 Å². The molecule has 0 fully saturated rings. The van der Waals surface area contributed by atoms with E-state index in [1.54, 1.807) is 36.4 Å². The lowest BCUT2D eigenvalue weighted by molar-refractivity contribution is -0.139. The van der Waals surface area contributed by atoms with Gasteiger partial charge in [0.25, 0.3) is 10.0 Å². The van der Waals surface area contributed by atoms with Gasteiger partial charge >= 0.3 is 0 Å². The predicted molar refractivity (Wildman–Crippen MR) is 170 cm³/mol. The van der Waals surface area contributed by atoms with Crippen molar-refractivity contribution < 1.29 is 18.0 Å². The Labute approximate surface area is 256 Å². The van der Waals surface area contributed by atoms with E-state index in [1.807, 2.05) is 68.4 Å². The maximum absolute atomic E-state index is 14.3. The molecule has 9 heteroatoms. The van der Waals surface area contributed by atoms with Crippen molar-refractivity contribution >= 4 is 43.5 Å². The lowest BCUT2D eigenvalue weighted by Crippen LogP contribution is -2.53. The van der Waals surface area contributed by atoms with Gasteiger partial charge in [0, 0.05) is 24.5 Å². The zero-order chi connectivity index (χ0) is 30.3. The standard InChI is InChI=1S/C33H34BrN3O4S/c1-24-15-17-30(18-16-24)42(40,41)37(29-14-8-13-28(34)21-29)23-32(38)36(22-27-12-7-9-25(2)19-27)31(33(39)35-3)20-26-10-5-4-6-11-26/h4-19,21,31H,20,22-23H2,1-3H3,(H,35,39). The number of aryl methyl sites for hydroxylation is 2. The number of hydrogen-bond acceptors (Lipinski definition) is 4. The predicted octanol–water partition coefficient (Wildman–Crippen LogP) is 5.65. The average molecular weight is 649 g/mol. The van der Waals surface area contributed by atoms with Crippen LogP contribution >= 0.6 is 15.9 Å². The highest BCUT2D eigenvalue weighted by Gasteiger charge is 2.34. The number of hydrogen-bond donors (Lipinski definition) is 1. The van der Waals surface area contributed by atoms with Crippen molar-refractivity contribution in [3.8, 4) is 0 Å². The summed E-state index contributed by atoms with van der Waals surface area (Å²) in [4.78, 5) is 29.2. The van der Waals surface area contributed by atoms with E-state index in [4.69, 9.17) is 0 Å². The molecule has 7 nitrogen and oxygen atoms in total. The molecular formula is C33H34BrN3O4S. The van der Waals surface area contributed by atoms with Crippen molar-refractivity contribution in [3.63, 3.8) is 0 Å². The monoisotopic (exact) mass is 647 g/mol. The largest absolute Gasteiger partial charge is 0.357 e. The molecule has 0 bridgehead atoms. The normalized spacial score (nSPS) is 11.9. The second-order valence-electron chi connectivity index (χ2n) is 10.1. The van der Waals surface area contributed by atoms with Crippen molar-refractivity contribution in [2.75, 3.05) is 17.9 Å². The fourth-order valence-electron chi connectivity index (χ4n) is 4.73. The molecule has 2 amide bonds. The van der Waals surface area contributed by atoms with E-state index in [1.165, 1.54) is 24.1 Å². The van der Waals surface area contributed by atoms with Gasteiger partial charge in [0.1, 0.15) is 12.6 Å². The summed E-state index contributed by atoms with van der Waals surface area (Å²) in [5.41, 5.74) is 3.97. The van der Waals surface area contributed by atoms with Gasteiger partial charge in [-0.25, -0.2) is 8.42 Å². The number of halogens is 1. The summed E-state index contributed by atoms with van der Waals surface area (Å²) in [6.45, 7) is 3.46. The summed E-state index contributed by atoms with van der Waals surface area (Å²) in [6.07, 6.45) is 0.264. The van der Waals surface area contributed by atoms with E-state index in [2.05, 4.69) is 21.2 Å². The Hall–Kier alpha value is -3.95. The third-order valence-electron chi connectivity index (χ3n) is 6.94. The number of rotatable bonds is 11. The minimum atomic E-state index is -4.14. The number of likely N-dealkylation sites (N-methyl/N-ethyl adjacent to an activating group) is 1. The summed E-state index contributed by atoms with van der Waals surface area (Å²) < 4.78 is 29.8. The Bertz CT molecular complexity index is 1640. The number of carbonyl (C=O) groups is 2. The van der Waals surface area contributed by atoms with Crippen molar-refractivity contribution in [2.24, 2.45) is 0 Å². The summed E-state index contributed by atoms with van der Waals surface area (Å²) >= 11 is 3.43. The molecule has 0 saturated carbocycles. The maximum Gasteiger partial charge on any atom is 0.264 e. The second kappa shape index (κ2) is 13.8. The van der Waals surface area contributed by atoms with E-state index in [0.29, 0.717) is 10.2 Å². The topological polar surface area (TPSA) is 86.8 Å². The van der Waals surface area contributed by atoms with Crippen LogP contribution in [0, 0.1) is 13.8 Å². The zero-order valence-corrected chi connectivity index (χ0v) is 26.2. The fraction of sp³-hybridized carbons (Fsp3) is 0.212. The first-order valence-electron chi connectivity index (χ1n) is 13.5. The Morgan fingerprint density at radius 3 is 2.12 bits per heavy atom. The van der Waals surface area contributed by atoms with Gasteiger partial charge < -0.3 is 10.2 Å². The maximum atomic E-state index is 14.3. The smallest absolute Gasteiger partial charge is 0.264 e. The second-order valence-corrected chi connectivity index (χ2v) is 12.9. The molecule has 4 aromatic carbocycles. The van der Waals surface area contributed by atoms with E-state index in [-0.39, 0.29) is 23.8 Å². The van der Waals surface area contributed by atoms with E-state index in [9.17, 15) is 18.0 Å². The van der Waals surface area contributed by atoms with Crippen LogP contribution in [0.3, 0.4) is 0 Å². The molecule has 4 rings (SSSR count). The molecule has 0 spiro atoms. The van der Waals surface area contributed by atoms with Gasteiger partial charge in [0.2, 0.25) is 11.8 Å². The Balaban J connectivity index is 1.79. The fourth-order valence-corrected chi connectivity index (χ4v) is 6.52. The van der Waals surface area contributed by atoms with Crippen LogP contribution in [-0.4, -0.2) is 44.8 Å². The highest BCUT2D eigenvalue weighted by atomic mass is 79.9. The number of nitrogens with one attached hydrogen (secondary N) is 1. The van der Waals surface area contributed by atoms with Crippen LogP contribution in [0.5, 0.6) is 0 Å². The lowest BCUT2D eigenvalue weighted by Gasteiger charge is -2.33. The van der Waals surface area contributed by atoms with E-state index >= 15 is 0 Å². The summed E-state index contributed by atoms with van der Waals surface area (Å²) in [6, 6.07) is 29.6. The molecular weight excluding hydrogens is 614 g/mol. The molecule has 218 valence electrons. The van der Waals surface area contributed by atoms with Crippen LogP contribution in [0.25, 0.3) is 0 Å². The number of nitrogens with zero attached hydrogens (tertiary/aromatic N) is 2. The molecule has 1 N–H and O–H groups in total. The van der Waals surface area contributed by atoms with Gasteiger partial charge in [-0.3, -0.25) is 13.9 Å². The van der Waals surface area contributed by atoms with Crippen molar-refractivity contribution in [1.29, 1.82) is 0 Å². The van der Waals surface area contributed by atoms with Crippen molar-refractivity contribution in [2.45, 2.75) is 37.8 Å². The molecule has 0 aliphatic carbocycles. The minimum Gasteiger partial charge on any atom is -0.357 e. The van der Waals surface area contributed by atoms with Crippen molar-refractivity contribution in [1.82, 2.24) is 10.2 Å². The lowest BCUT2D eigenvalue weighted by atomic mass is 10.0. The third-order valence-corrected chi connectivity index (χ3v) is 9.22. The SMILES string of the molecule is CNC(=O)C(Cc1ccccc1)N(Cc1cccc(C)c1)C(=O)CN(c1cccc(Br)c1)S(=O)(=O)c1ccc(C)cc1. The Morgan fingerprint density at radius 2 is 1.48 bits per heavy atom. The highest BCUT2D eigenvalue weighted by molar-refractivity contribution is 9.10. The first-order chi connectivity index (χ1) is 20.1. The molecule has 0 heterocycles. The number of anilines is 1. The first-order valence-corrected chi connectivity index (χ1v) is 15.8. The van der Waals surface area contributed by atoms with Crippen molar-refractivity contribution in [3.05, 3.63) is 130 Å².